The van der Waals surface area contributed by atoms with Crippen LogP contribution in [-0.4, -0.2) is 11.4 Å². The Bertz CT molecular complexity index is 222. The summed E-state index contributed by atoms with van der Waals surface area (Å²) in [7, 11) is 0. The Hall–Kier alpha value is -1.42. The highest BCUT2D eigenvalue weighted by atomic mass is 16.4. The van der Waals surface area contributed by atoms with Gasteiger partial charge in [-0.1, -0.05) is 6.07 Å². The molecule has 0 aromatic carbocycles. The summed E-state index contributed by atoms with van der Waals surface area (Å²) < 4.78 is 1.54. The first-order valence-electron chi connectivity index (χ1n) is 2.93. The van der Waals surface area contributed by atoms with Crippen LogP contribution in [0.4, 0.5) is 0 Å². The van der Waals surface area contributed by atoms with E-state index in [-0.39, 0.29) is 12.0 Å². The van der Waals surface area contributed by atoms with E-state index in [0.29, 0.717) is 0 Å². The molecule has 0 atom stereocenters. The predicted octanol–water partition coefficient (Wildman–Crippen LogP) is -2.10. The average molecular weight is 155 g/mol. The van der Waals surface area contributed by atoms with E-state index in [1.807, 2.05) is 6.07 Å². The SMILES string of the molecule is O.O=C([O-])C[n+]1ccccc1. The van der Waals surface area contributed by atoms with Crippen LogP contribution in [0.3, 0.4) is 0 Å². The van der Waals surface area contributed by atoms with E-state index in [4.69, 9.17) is 0 Å². The first-order valence-corrected chi connectivity index (χ1v) is 2.93. The molecular formula is C7H9NO3. The molecule has 1 rings (SSSR count). The number of rotatable bonds is 2. The van der Waals surface area contributed by atoms with Gasteiger partial charge in [0, 0.05) is 12.1 Å². The monoisotopic (exact) mass is 155 g/mol. The lowest BCUT2D eigenvalue weighted by Gasteiger charge is -1.94. The van der Waals surface area contributed by atoms with Gasteiger partial charge in [0.2, 0.25) is 0 Å². The van der Waals surface area contributed by atoms with Crippen molar-refractivity contribution in [1.82, 2.24) is 0 Å². The molecule has 60 valence electrons. The second-order valence-electron chi connectivity index (χ2n) is 1.92. The van der Waals surface area contributed by atoms with Crippen molar-refractivity contribution >= 4 is 5.97 Å². The number of nitrogens with zero attached hydrogens (tertiary/aromatic N) is 1. The Labute approximate surface area is 64.0 Å². The molecule has 0 unspecified atom stereocenters. The highest BCUT2D eigenvalue weighted by Gasteiger charge is 1.94. The Morgan fingerprint density at radius 2 is 1.82 bits per heavy atom. The Kier molecular flexibility index (Phi) is 3.84. The molecule has 0 aliphatic carbocycles. The molecule has 2 N–H and O–H groups in total. The lowest BCUT2D eigenvalue weighted by Crippen LogP contribution is -2.43. The normalized spacial score (nSPS) is 8.36. The third kappa shape index (κ3) is 3.32. The van der Waals surface area contributed by atoms with Gasteiger partial charge in [0.15, 0.2) is 18.9 Å². The molecule has 11 heavy (non-hydrogen) atoms. The first-order chi connectivity index (χ1) is 4.79. The quantitative estimate of drug-likeness (QED) is 0.459. The number of pyridine rings is 1. The fourth-order valence-electron chi connectivity index (χ4n) is 0.689. The molecule has 0 aliphatic rings. The summed E-state index contributed by atoms with van der Waals surface area (Å²) in [4.78, 5) is 10.0. The first kappa shape index (κ1) is 9.58. The van der Waals surface area contributed by atoms with Gasteiger partial charge >= 0.3 is 0 Å². The zero-order chi connectivity index (χ0) is 7.40. The summed E-state index contributed by atoms with van der Waals surface area (Å²) in [6.45, 7) is -0.0825. The molecule has 0 spiro atoms. The Balaban J connectivity index is 0.000001000. The highest BCUT2D eigenvalue weighted by Crippen LogP contribution is 1.75. The smallest absolute Gasteiger partial charge is 0.187 e. The molecule has 0 saturated carbocycles. The van der Waals surface area contributed by atoms with Crippen LogP contribution < -0.4 is 9.67 Å². The van der Waals surface area contributed by atoms with Crippen LogP contribution in [0.2, 0.25) is 0 Å². The largest absolute Gasteiger partial charge is 0.544 e. The van der Waals surface area contributed by atoms with Crippen molar-refractivity contribution in [3.63, 3.8) is 0 Å². The van der Waals surface area contributed by atoms with Crippen LogP contribution >= 0.6 is 0 Å². The maximum atomic E-state index is 10.0. The summed E-state index contributed by atoms with van der Waals surface area (Å²) in [5.74, 6) is -1.07. The number of hydrogen-bond donors (Lipinski definition) is 0. The lowest BCUT2D eigenvalue weighted by molar-refractivity contribution is -0.690. The van der Waals surface area contributed by atoms with Gasteiger partial charge in [-0.2, -0.15) is 4.57 Å². The minimum Gasteiger partial charge on any atom is -0.544 e. The molecule has 0 aliphatic heterocycles. The van der Waals surface area contributed by atoms with Gasteiger partial charge in [0.25, 0.3) is 0 Å². The zero-order valence-corrected chi connectivity index (χ0v) is 5.86. The number of carbonyl (C=O) groups is 1. The van der Waals surface area contributed by atoms with Crippen molar-refractivity contribution in [1.29, 1.82) is 0 Å². The molecule has 4 heteroatoms. The van der Waals surface area contributed by atoms with Crippen molar-refractivity contribution in [2.75, 3.05) is 0 Å². The molecule has 0 saturated heterocycles. The maximum absolute atomic E-state index is 10.0. The van der Waals surface area contributed by atoms with Crippen molar-refractivity contribution in [3.05, 3.63) is 30.6 Å². The minimum absolute atomic E-state index is 0. The molecule has 0 fully saturated rings. The molecule has 1 aromatic heterocycles. The summed E-state index contributed by atoms with van der Waals surface area (Å²) in [5.41, 5.74) is 0. The zero-order valence-electron chi connectivity index (χ0n) is 5.86. The van der Waals surface area contributed by atoms with Gasteiger partial charge in [-0.05, 0) is 0 Å². The van der Waals surface area contributed by atoms with E-state index in [1.165, 1.54) is 4.57 Å². The summed E-state index contributed by atoms with van der Waals surface area (Å²) in [6, 6.07) is 5.36. The average Bonchev–Trinajstić information content (AvgIpc) is 1.88. The lowest BCUT2D eigenvalue weighted by atomic mass is 10.5. The van der Waals surface area contributed by atoms with Crippen LogP contribution in [-0.2, 0) is 11.3 Å². The number of hydrogen-bond acceptors (Lipinski definition) is 2. The van der Waals surface area contributed by atoms with E-state index >= 15 is 0 Å². The van der Waals surface area contributed by atoms with Crippen LogP contribution in [0.25, 0.3) is 0 Å². The molecule has 4 nitrogen and oxygen atoms in total. The van der Waals surface area contributed by atoms with Gasteiger partial charge in [-0.25, -0.2) is 0 Å². The number of aliphatic carboxylic acids is 1. The van der Waals surface area contributed by atoms with Crippen molar-refractivity contribution in [3.8, 4) is 0 Å². The third-order valence-electron chi connectivity index (χ3n) is 1.09. The van der Waals surface area contributed by atoms with Gasteiger partial charge in [0.1, 0.15) is 5.97 Å². The maximum Gasteiger partial charge on any atom is 0.187 e. The standard InChI is InChI=1S/C7H7NO2.H2O/c9-7(10)6-8-4-2-1-3-5-8;/h1-5H,6H2;1H2. The number of carboxylic acids is 1. The van der Waals surface area contributed by atoms with Crippen LogP contribution in [0.1, 0.15) is 0 Å². The molecule has 1 aromatic rings. The fourth-order valence-corrected chi connectivity index (χ4v) is 0.689. The van der Waals surface area contributed by atoms with Crippen molar-refractivity contribution < 1.29 is 19.9 Å². The third-order valence-corrected chi connectivity index (χ3v) is 1.09. The summed E-state index contributed by atoms with van der Waals surface area (Å²) in [5, 5.41) is 10.0. The van der Waals surface area contributed by atoms with Crippen molar-refractivity contribution in [2.24, 2.45) is 0 Å². The number of carboxylic acid groups (broad SMARTS) is 1. The minimum atomic E-state index is -1.07. The molecular weight excluding hydrogens is 146 g/mol. The second-order valence-corrected chi connectivity index (χ2v) is 1.92. The second kappa shape index (κ2) is 4.40. The van der Waals surface area contributed by atoms with Gasteiger partial charge < -0.3 is 15.4 Å². The number of carbonyl (C=O) groups excluding carboxylic acids is 1. The summed E-state index contributed by atoms with van der Waals surface area (Å²) in [6.07, 6.45) is 3.35. The van der Waals surface area contributed by atoms with Gasteiger partial charge in [-0.3, -0.25) is 0 Å². The Morgan fingerprint density at radius 3 is 2.27 bits per heavy atom. The van der Waals surface area contributed by atoms with Crippen LogP contribution in [0, 0.1) is 0 Å². The molecule has 1 heterocycles. The van der Waals surface area contributed by atoms with Crippen molar-refractivity contribution in [2.45, 2.75) is 6.54 Å². The van der Waals surface area contributed by atoms with E-state index in [0.717, 1.165) is 0 Å². The topological polar surface area (TPSA) is 75.5 Å². The van der Waals surface area contributed by atoms with Crippen LogP contribution in [0.5, 0.6) is 0 Å². The highest BCUT2D eigenvalue weighted by molar-refractivity contribution is 5.62. The van der Waals surface area contributed by atoms with E-state index in [9.17, 15) is 9.90 Å². The summed E-state index contributed by atoms with van der Waals surface area (Å²) >= 11 is 0. The Morgan fingerprint density at radius 1 is 1.27 bits per heavy atom. The fraction of sp³-hybridized carbons (Fsp3) is 0.143. The van der Waals surface area contributed by atoms with Gasteiger partial charge in [0.05, 0.1) is 0 Å². The van der Waals surface area contributed by atoms with Crippen LogP contribution in [0.15, 0.2) is 30.6 Å². The molecule has 0 bridgehead atoms. The van der Waals surface area contributed by atoms with E-state index in [2.05, 4.69) is 0 Å². The molecule has 0 radical (unpaired) electrons. The number of aromatic nitrogens is 1. The van der Waals surface area contributed by atoms with E-state index < -0.39 is 5.97 Å². The van der Waals surface area contributed by atoms with E-state index in [1.54, 1.807) is 24.5 Å². The van der Waals surface area contributed by atoms with Gasteiger partial charge in [-0.15, -0.1) is 0 Å². The molecule has 0 amide bonds. The predicted molar refractivity (Wildman–Crippen MR) is 35.3 cm³/mol.